The van der Waals surface area contributed by atoms with Crippen molar-refractivity contribution >= 4 is 45.3 Å². The van der Waals surface area contributed by atoms with Gasteiger partial charge in [-0.05, 0) is 6.42 Å². The number of carboxylic acid groups (broad SMARTS) is 2. The van der Waals surface area contributed by atoms with Crippen molar-refractivity contribution in [1.82, 2.24) is 10.6 Å². The number of hydrogen-bond acceptors (Lipinski definition) is 7. The molecule has 6 N–H and O–H groups in total. The van der Waals surface area contributed by atoms with Crippen molar-refractivity contribution in [3.8, 4) is 0 Å². The predicted molar refractivity (Wildman–Crippen MR) is 92.5 cm³/mol. The number of nitrogens with one attached hydrogen (secondary N) is 2. The quantitative estimate of drug-likeness (QED) is 0.160. The lowest BCUT2D eigenvalue weighted by Crippen LogP contribution is -2.49. The first-order valence-corrected chi connectivity index (χ1v) is 9.39. The standard InChI is InChI=1S/C13H21N3O6S2/c1-2-5-23-24-7-9(12(20)15-6-11(18)19)16-10(17)4-3-8(14)13(21)22/h2,8-9H,1,3-7,14H2,(H,15,20)(H,16,17)(H,18,19)(H,21,22)/t8-,9-/m0/s1. The highest BCUT2D eigenvalue weighted by Crippen LogP contribution is 2.21. The van der Waals surface area contributed by atoms with Crippen LogP contribution in [0.15, 0.2) is 12.7 Å². The summed E-state index contributed by atoms with van der Waals surface area (Å²) < 4.78 is 0. The zero-order chi connectivity index (χ0) is 18.5. The van der Waals surface area contributed by atoms with Crippen LogP contribution in [-0.4, -0.2) is 64.1 Å². The predicted octanol–water partition coefficient (Wildman–Crippen LogP) is -0.568. The third-order valence-corrected chi connectivity index (χ3v) is 4.89. The van der Waals surface area contributed by atoms with Gasteiger partial charge in [0, 0.05) is 17.9 Å². The number of nitrogens with two attached hydrogens (primary N) is 1. The van der Waals surface area contributed by atoms with E-state index in [2.05, 4.69) is 17.2 Å². The first-order valence-electron chi connectivity index (χ1n) is 6.90. The molecule has 0 spiro atoms. The Hall–Kier alpha value is -1.72. The number of hydrogen-bond donors (Lipinski definition) is 5. The van der Waals surface area contributed by atoms with Gasteiger partial charge in [-0.2, -0.15) is 0 Å². The Morgan fingerprint density at radius 2 is 1.88 bits per heavy atom. The molecule has 0 aliphatic carbocycles. The van der Waals surface area contributed by atoms with E-state index < -0.39 is 42.4 Å². The Morgan fingerprint density at radius 1 is 1.21 bits per heavy atom. The minimum Gasteiger partial charge on any atom is -0.480 e. The molecule has 2 atom stereocenters. The average molecular weight is 379 g/mol. The number of carbonyl (C=O) groups excluding carboxylic acids is 2. The summed E-state index contributed by atoms with van der Waals surface area (Å²) in [5.74, 6) is -2.70. The molecule has 136 valence electrons. The highest BCUT2D eigenvalue weighted by Gasteiger charge is 2.22. The van der Waals surface area contributed by atoms with Crippen LogP contribution < -0.4 is 16.4 Å². The van der Waals surface area contributed by atoms with Gasteiger partial charge in [0.25, 0.3) is 0 Å². The molecule has 9 nitrogen and oxygen atoms in total. The van der Waals surface area contributed by atoms with Crippen molar-refractivity contribution in [2.24, 2.45) is 5.73 Å². The minimum absolute atomic E-state index is 0.0665. The molecule has 0 radical (unpaired) electrons. The second-order valence-corrected chi connectivity index (χ2v) is 7.13. The number of carboxylic acids is 2. The molecule has 0 rings (SSSR count). The van der Waals surface area contributed by atoms with Gasteiger partial charge in [-0.15, -0.1) is 6.58 Å². The van der Waals surface area contributed by atoms with Crippen molar-refractivity contribution in [3.05, 3.63) is 12.7 Å². The smallest absolute Gasteiger partial charge is 0.322 e. The molecule has 0 unspecified atom stereocenters. The van der Waals surface area contributed by atoms with Crippen molar-refractivity contribution in [3.63, 3.8) is 0 Å². The maximum atomic E-state index is 11.9. The monoisotopic (exact) mass is 379 g/mol. The van der Waals surface area contributed by atoms with Gasteiger partial charge in [0.2, 0.25) is 11.8 Å². The molecule has 11 heteroatoms. The number of rotatable bonds is 13. The molecular formula is C13H21N3O6S2. The first kappa shape index (κ1) is 22.3. The molecule has 0 aliphatic rings. The second-order valence-electron chi connectivity index (χ2n) is 4.57. The lowest BCUT2D eigenvalue weighted by molar-refractivity contribution is -0.139. The third-order valence-electron chi connectivity index (χ3n) is 2.57. The molecule has 0 aromatic heterocycles. The van der Waals surface area contributed by atoms with Crippen LogP contribution in [-0.2, 0) is 19.2 Å². The Morgan fingerprint density at radius 3 is 2.42 bits per heavy atom. The molecule has 0 heterocycles. The normalized spacial score (nSPS) is 12.7. The largest absolute Gasteiger partial charge is 0.480 e. The van der Waals surface area contributed by atoms with Crippen LogP contribution in [0.25, 0.3) is 0 Å². The summed E-state index contributed by atoms with van der Waals surface area (Å²) in [7, 11) is 2.75. The molecule has 2 amide bonds. The summed E-state index contributed by atoms with van der Waals surface area (Å²) in [5.41, 5.74) is 5.31. The summed E-state index contributed by atoms with van der Waals surface area (Å²) >= 11 is 0. The van der Waals surface area contributed by atoms with E-state index in [0.717, 1.165) is 0 Å². The Balaban J connectivity index is 4.51. The van der Waals surface area contributed by atoms with E-state index in [9.17, 15) is 19.2 Å². The molecule has 0 saturated carbocycles. The van der Waals surface area contributed by atoms with Gasteiger partial charge in [-0.25, -0.2) is 0 Å². The van der Waals surface area contributed by atoms with E-state index in [-0.39, 0.29) is 18.6 Å². The van der Waals surface area contributed by atoms with Gasteiger partial charge in [0.1, 0.15) is 18.6 Å². The fraction of sp³-hybridized carbons (Fsp3) is 0.538. The fourth-order valence-corrected chi connectivity index (χ4v) is 3.29. The lowest BCUT2D eigenvalue weighted by atomic mass is 10.1. The van der Waals surface area contributed by atoms with E-state index in [0.29, 0.717) is 5.75 Å². The van der Waals surface area contributed by atoms with E-state index in [1.54, 1.807) is 6.08 Å². The summed E-state index contributed by atoms with van der Waals surface area (Å²) in [6, 6.07) is -2.09. The third kappa shape index (κ3) is 10.9. The van der Waals surface area contributed by atoms with Gasteiger partial charge < -0.3 is 26.6 Å². The molecule has 0 bridgehead atoms. The summed E-state index contributed by atoms with van der Waals surface area (Å²) in [5, 5.41) is 21.9. The van der Waals surface area contributed by atoms with Crippen LogP contribution in [0.2, 0.25) is 0 Å². The van der Waals surface area contributed by atoms with Crippen LogP contribution in [0.5, 0.6) is 0 Å². The zero-order valence-corrected chi connectivity index (χ0v) is 14.5. The molecule has 0 saturated heterocycles. The molecule has 0 aliphatic heterocycles. The number of aliphatic carboxylic acids is 2. The molecular weight excluding hydrogens is 358 g/mol. The lowest BCUT2D eigenvalue weighted by Gasteiger charge is -2.17. The van der Waals surface area contributed by atoms with Gasteiger partial charge in [-0.3, -0.25) is 19.2 Å². The van der Waals surface area contributed by atoms with Crippen LogP contribution in [0, 0.1) is 0 Å². The van der Waals surface area contributed by atoms with Crippen LogP contribution in [0.1, 0.15) is 12.8 Å². The minimum atomic E-state index is -1.21. The van der Waals surface area contributed by atoms with Crippen molar-refractivity contribution < 1.29 is 29.4 Å². The fourth-order valence-electron chi connectivity index (χ4n) is 1.36. The first-order chi connectivity index (χ1) is 11.3. The Labute approximate surface area is 147 Å². The van der Waals surface area contributed by atoms with E-state index in [4.69, 9.17) is 15.9 Å². The molecule has 24 heavy (non-hydrogen) atoms. The van der Waals surface area contributed by atoms with Crippen LogP contribution in [0.3, 0.4) is 0 Å². The number of carbonyl (C=O) groups is 4. The zero-order valence-electron chi connectivity index (χ0n) is 12.9. The summed E-state index contributed by atoms with van der Waals surface area (Å²) in [6.07, 6.45) is 1.46. The summed E-state index contributed by atoms with van der Waals surface area (Å²) in [4.78, 5) is 44.9. The van der Waals surface area contributed by atoms with Crippen molar-refractivity contribution in [2.45, 2.75) is 24.9 Å². The Kier molecular flexibility index (Phi) is 11.8. The van der Waals surface area contributed by atoms with Crippen LogP contribution in [0.4, 0.5) is 0 Å². The van der Waals surface area contributed by atoms with E-state index in [1.165, 1.54) is 21.6 Å². The molecule has 0 aromatic carbocycles. The second kappa shape index (κ2) is 12.7. The highest BCUT2D eigenvalue weighted by molar-refractivity contribution is 8.76. The maximum absolute atomic E-state index is 11.9. The summed E-state index contributed by atoms with van der Waals surface area (Å²) in [6.45, 7) is 3.00. The topological polar surface area (TPSA) is 159 Å². The van der Waals surface area contributed by atoms with Gasteiger partial charge in [0.15, 0.2) is 0 Å². The average Bonchev–Trinajstić information content (AvgIpc) is 2.52. The van der Waals surface area contributed by atoms with E-state index >= 15 is 0 Å². The van der Waals surface area contributed by atoms with Gasteiger partial charge in [0.05, 0.1) is 0 Å². The van der Waals surface area contributed by atoms with Crippen LogP contribution >= 0.6 is 21.6 Å². The van der Waals surface area contributed by atoms with Gasteiger partial charge >= 0.3 is 11.9 Å². The molecule has 0 fully saturated rings. The highest BCUT2D eigenvalue weighted by atomic mass is 33.1. The van der Waals surface area contributed by atoms with E-state index in [1.807, 2.05) is 0 Å². The van der Waals surface area contributed by atoms with Crippen molar-refractivity contribution in [2.75, 3.05) is 18.1 Å². The van der Waals surface area contributed by atoms with Crippen molar-refractivity contribution in [1.29, 1.82) is 0 Å². The molecule has 0 aromatic rings. The Bertz CT molecular complexity index is 475. The SMILES string of the molecule is C=CCSSC[C@H](NC(=O)CC[C@H](N)C(=O)O)C(=O)NCC(=O)O. The van der Waals surface area contributed by atoms with Gasteiger partial charge in [-0.1, -0.05) is 27.7 Å². The maximum Gasteiger partial charge on any atom is 0.322 e. The number of amides is 2.